The molecule has 0 aromatic carbocycles. The van der Waals surface area contributed by atoms with Gasteiger partial charge in [-0.1, -0.05) is 26.7 Å². The van der Waals surface area contributed by atoms with Crippen molar-refractivity contribution < 1.29 is 0 Å². The summed E-state index contributed by atoms with van der Waals surface area (Å²) in [4.78, 5) is 19.7. The third kappa shape index (κ3) is 2.68. The van der Waals surface area contributed by atoms with E-state index in [1.165, 1.54) is 12.8 Å². The molecule has 1 aromatic rings. The van der Waals surface area contributed by atoms with E-state index in [1.54, 1.807) is 0 Å². The molecule has 1 heterocycles. The second kappa shape index (κ2) is 6.00. The molecule has 0 spiro atoms. The van der Waals surface area contributed by atoms with E-state index >= 15 is 0 Å². The molecular formula is C14H21BrN2O. The Balaban J connectivity index is 2.42. The Morgan fingerprint density at radius 2 is 1.94 bits per heavy atom. The van der Waals surface area contributed by atoms with Gasteiger partial charge in [-0.15, -0.1) is 0 Å². The Morgan fingerprint density at radius 3 is 2.50 bits per heavy atom. The molecule has 4 heteroatoms. The van der Waals surface area contributed by atoms with Crippen LogP contribution < -0.4 is 5.56 Å². The first kappa shape index (κ1) is 13.8. The zero-order chi connectivity index (χ0) is 13.1. The number of nitrogens with zero attached hydrogens (tertiary/aromatic N) is 1. The molecule has 0 atom stereocenters. The van der Waals surface area contributed by atoms with Crippen molar-refractivity contribution in [3.63, 3.8) is 0 Å². The van der Waals surface area contributed by atoms with Crippen LogP contribution in [-0.2, 0) is 0 Å². The van der Waals surface area contributed by atoms with E-state index in [4.69, 9.17) is 4.98 Å². The Hall–Kier alpha value is -0.640. The van der Waals surface area contributed by atoms with Gasteiger partial charge >= 0.3 is 0 Å². The van der Waals surface area contributed by atoms with E-state index in [0.717, 1.165) is 37.2 Å². The standard InChI is InChI=1S/C14H21BrN2O/c1-3-9(4-2)13-16-12(10-7-5-6-8-10)11(15)14(18)17-13/h9-10H,3-8H2,1-2H3,(H,16,17,18). The normalized spacial score (nSPS) is 16.7. The van der Waals surface area contributed by atoms with Gasteiger partial charge in [0.1, 0.15) is 10.3 Å². The fourth-order valence-corrected chi connectivity index (χ4v) is 3.34. The van der Waals surface area contributed by atoms with Crippen molar-refractivity contribution in [2.75, 3.05) is 0 Å². The van der Waals surface area contributed by atoms with Gasteiger partial charge < -0.3 is 4.98 Å². The van der Waals surface area contributed by atoms with Crippen LogP contribution in [0.1, 0.15) is 75.7 Å². The van der Waals surface area contributed by atoms with E-state index in [2.05, 4.69) is 34.8 Å². The summed E-state index contributed by atoms with van der Waals surface area (Å²) in [5, 5.41) is 0. The van der Waals surface area contributed by atoms with Gasteiger partial charge in [-0.3, -0.25) is 4.79 Å². The summed E-state index contributed by atoms with van der Waals surface area (Å²) in [5.41, 5.74) is 0.965. The van der Waals surface area contributed by atoms with Gasteiger partial charge in [-0.05, 0) is 41.6 Å². The van der Waals surface area contributed by atoms with Crippen LogP contribution in [0.4, 0.5) is 0 Å². The number of H-pyrrole nitrogens is 1. The molecule has 100 valence electrons. The summed E-state index contributed by atoms with van der Waals surface area (Å²) in [6.45, 7) is 4.29. The smallest absolute Gasteiger partial charge is 0.265 e. The average Bonchev–Trinajstić information content (AvgIpc) is 2.88. The highest BCUT2D eigenvalue weighted by Gasteiger charge is 2.24. The Bertz CT molecular complexity index is 459. The predicted molar refractivity (Wildman–Crippen MR) is 77.1 cm³/mol. The van der Waals surface area contributed by atoms with Crippen LogP contribution in [0.3, 0.4) is 0 Å². The van der Waals surface area contributed by atoms with Crippen LogP contribution in [0.15, 0.2) is 9.27 Å². The minimum atomic E-state index is -0.0196. The summed E-state index contributed by atoms with van der Waals surface area (Å²) >= 11 is 3.41. The second-order valence-corrected chi connectivity index (χ2v) is 5.94. The average molecular weight is 313 g/mol. The summed E-state index contributed by atoms with van der Waals surface area (Å²) in [6, 6.07) is 0. The van der Waals surface area contributed by atoms with E-state index in [-0.39, 0.29) is 5.56 Å². The van der Waals surface area contributed by atoms with E-state index < -0.39 is 0 Å². The molecule has 1 saturated carbocycles. The largest absolute Gasteiger partial charge is 0.309 e. The minimum absolute atomic E-state index is 0.0196. The Morgan fingerprint density at radius 1 is 1.33 bits per heavy atom. The van der Waals surface area contributed by atoms with Crippen LogP contribution in [0.5, 0.6) is 0 Å². The molecule has 0 radical (unpaired) electrons. The lowest BCUT2D eigenvalue weighted by molar-refractivity contribution is 0.582. The van der Waals surface area contributed by atoms with Crippen LogP contribution in [0.2, 0.25) is 0 Å². The molecule has 3 nitrogen and oxygen atoms in total. The summed E-state index contributed by atoms with van der Waals surface area (Å²) in [6.07, 6.45) is 6.88. The molecular weight excluding hydrogens is 292 g/mol. The molecule has 0 aliphatic heterocycles. The van der Waals surface area contributed by atoms with Crippen LogP contribution in [-0.4, -0.2) is 9.97 Å². The topological polar surface area (TPSA) is 45.8 Å². The zero-order valence-corrected chi connectivity index (χ0v) is 12.7. The molecule has 0 amide bonds. The van der Waals surface area contributed by atoms with Crippen molar-refractivity contribution in [1.29, 1.82) is 0 Å². The molecule has 1 aliphatic carbocycles. The van der Waals surface area contributed by atoms with Gasteiger partial charge in [0.05, 0.1) is 5.69 Å². The molecule has 1 aliphatic rings. The second-order valence-electron chi connectivity index (χ2n) is 5.15. The molecule has 1 N–H and O–H groups in total. The molecule has 1 aromatic heterocycles. The fourth-order valence-electron chi connectivity index (χ4n) is 2.83. The third-order valence-corrected chi connectivity index (χ3v) is 4.79. The van der Waals surface area contributed by atoms with E-state index in [1.807, 2.05) is 0 Å². The number of rotatable bonds is 4. The number of halogens is 1. The number of hydrogen-bond donors (Lipinski definition) is 1. The van der Waals surface area contributed by atoms with Crippen LogP contribution in [0.25, 0.3) is 0 Å². The highest BCUT2D eigenvalue weighted by Crippen LogP contribution is 2.36. The van der Waals surface area contributed by atoms with Crippen molar-refractivity contribution in [2.24, 2.45) is 0 Å². The number of nitrogens with one attached hydrogen (secondary N) is 1. The van der Waals surface area contributed by atoms with Crippen LogP contribution >= 0.6 is 15.9 Å². The molecule has 0 unspecified atom stereocenters. The highest BCUT2D eigenvalue weighted by atomic mass is 79.9. The number of hydrogen-bond acceptors (Lipinski definition) is 2. The van der Waals surface area contributed by atoms with Gasteiger partial charge in [-0.2, -0.15) is 0 Å². The molecule has 0 saturated heterocycles. The van der Waals surface area contributed by atoms with Crippen LogP contribution in [0, 0.1) is 0 Å². The maximum absolute atomic E-state index is 12.0. The van der Waals surface area contributed by atoms with E-state index in [0.29, 0.717) is 16.3 Å². The predicted octanol–water partition coefficient (Wildman–Crippen LogP) is 4.09. The van der Waals surface area contributed by atoms with Gasteiger partial charge in [0.2, 0.25) is 0 Å². The zero-order valence-electron chi connectivity index (χ0n) is 11.1. The lowest BCUT2D eigenvalue weighted by Crippen LogP contribution is -2.19. The Kier molecular flexibility index (Phi) is 4.60. The third-order valence-electron chi connectivity index (χ3n) is 4.02. The fraction of sp³-hybridized carbons (Fsp3) is 0.714. The Labute approximate surface area is 117 Å². The molecule has 0 bridgehead atoms. The quantitative estimate of drug-likeness (QED) is 0.910. The van der Waals surface area contributed by atoms with Gasteiger partial charge in [0.25, 0.3) is 5.56 Å². The van der Waals surface area contributed by atoms with E-state index in [9.17, 15) is 4.79 Å². The van der Waals surface area contributed by atoms with Gasteiger partial charge in [0, 0.05) is 11.8 Å². The first-order valence-electron chi connectivity index (χ1n) is 6.96. The van der Waals surface area contributed by atoms with Gasteiger partial charge in [0.15, 0.2) is 0 Å². The first-order chi connectivity index (χ1) is 8.67. The lowest BCUT2D eigenvalue weighted by atomic mass is 10.0. The van der Waals surface area contributed by atoms with Crippen molar-refractivity contribution in [3.8, 4) is 0 Å². The number of aromatic amines is 1. The maximum atomic E-state index is 12.0. The molecule has 2 rings (SSSR count). The van der Waals surface area contributed by atoms with Crippen molar-refractivity contribution in [1.82, 2.24) is 9.97 Å². The van der Waals surface area contributed by atoms with Crippen molar-refractivity contribution in [3.05, 3.63) is 26.3 Å². The van der Waals surface area contributed by atoms with Crippen molar-refractivity contribution >= 4 is 15.9 Å². The summed E-state index contributed by atoms with van der Waals surface area (Å²) in [5.74, 6) is 1.70. The summed E-state index contributed by atoms with van der Waals surface area (Å²) in [7, 11) is 0. The SMILES string of the molecule is CCC(CC)c1nc(C2CCCC2)c(Br)c(=O)[nH]1. The van der Waals surface area contributed by atoms with Crippen molar-refractivity contribution in [2.45, 2.75) is 64.2 Å². The maximum Gasteiger partial charge on any atom is 0.265 e. The monoisotopic (exact) mass is 312 g/mol. The first-order valence-corrected chi connectivity index (χ1v) is 7.76. The molecule has 1 fully saturated rings. The van der Waals surface area contributed by atoms with Gasteiger partial charge in [-0.25, -0.2) is 4.98 Å². The summed E-state index contributed by atoms with van der Waals surface area (Å²) < 4.78 is 0.643. The molecule has 18 heavy (non-hydrogen) atoms. The minimum Gasteiger partial charge on any atom is -0.309 e. The highest BCUT2D eigenvalue weighted by molar-refractivity contribution is 9.10. The number of aromatic nitrogens is 2. The lowest BCUT2D eigenvalue weighted by Gasteiger charge is -2.16.